The van der Waals surface area contributed by atoms with Crippen molar-refractivity contribution in [3.05, 3.63) is 11.1 Å². The molecule has 1 heterocycles. The lowest BCUT2D eigenvalue weighted by atomic mass is 10.1. The fraction of sp³-hybridized carbons (Fsp3) is 0.333. The molecule has 0 amide bonds. The van der Waals surface area contributed by atoms with E-state index in [1.807, 2.05) is 13.8 Å². The maximum Gasteiger partial charge on any atom is 0.147 e. The van der Waals surface area contributed by atoms with Gasteiger partial charge in [0, 0.05) is 5.57 Å². The van der Waals surface area contributed by atoms with E-state index in [0.717, 1.165) is 11.1 Å². The molecule has 3 nitrogen and oxygen atoms in total. The molecule has 9 heavy (non-hydrogen) atoms. The number of hydrazone groups is 1. The molecule has 0 aliphatic carbocycles. The topological polar surface area (TPSA) is 48.2 Å². The van der Waals surface area contributed by atoms with E-state index in [2.05, 4.69) is 10.5 Å². The van der Waals surface area contributed by atoms with Crippen LogP contribution in [0.25, 0.3) is 0 Å². The van der Waals surface area contributed by atoms with Gasteiger partial charge in [-0.05, 0) is 13.8 Å². The summed E-state index contributed by atoms with van der Waals surface area (Å²) in [4.78, 5) is 0. The van der Waals surface area contributed by atoms with Gasteiger partial charge in [-0.3, -0.25) is 10.8 Å². The van der Waals surface area contributed by atoms with E-state index in [0.29, 0.717) is 5.84 Å². The lowest BCUT2D eigenvalue weighted by Gasteiger charge is -1.94. The van der Waals surface area contributed by atoms with Crippen molar-refractivity contribution in [1.82, 2.24) is 5.43 Å². The molecule has 0 aromatic carbocycles. The average molecular weight is 123 g/mol. The Bertz CT molecular complexity index is 196. The SMILES string of the molecule is CC(C)=C1C=NNC1=N. The monoisotopic (exact) mass is 123 g/mol. The molecule has 0 aromatic heterocycles. The molecular formula is C6H9N3. The minimum Gasteiger partial charge on any atom is -0.283 e. The summed E-state index contributed by atoms with van der Waals surface area (Å²) < 4.78 is 0. The molecule has 1 aliphatic rings. The summed E-state index contributed by atoms with van der Waals surface area (Å²) in [5, 5.41) is 11.0. The molecule has 1 aliphatic heterocycles. The maximum atomic E-state index is 7.24. The van der Waals surface area contributed by atoms with Gasteiger partial charge in [-0.1, -0.05) is 5.57 Å². The number of allylic oxidation sites excluding steroid dienone is 1. The summed E-state index contributed by atoms with van der Waals surface area (Å²) in [5.74, 6) is 0.398. The fourth-order valence-corrected chi connectivity index (χ4v) is 0.665. The highest BCUT2D eigenvalue weighted by Gasteiger charge is 2.07. The van der Waals surface area contributed by atoms with Crippen LogP contribution in [0.15, 0.2) is 16.2 Å². The summed E-state index contributed by atoms with van der Waals surface area (Å²) >= 11 is 0. The molecule has 3 heteroatoms. The Morgan fingerprint density at radius 3 is 2.56 bits per heavy atom. The molecule has 0 saturated carbocycles. The summed E-state index contributed by atoms with van der Waals surface area (Å²) in [6, 6.07) is 0. The highest BCUT2D eigenvalue weighted by molar-refractivity contribution is 6.17. The van der Waals surface area contributed by atoms with Crippen molar-refractivity contribution in [3.63, 3.8) is 0 Å². The highest BCUT2D eigenvalue weighted by atomic mass is 15.3. The molecule has 0 bridgehead atoms. The Morgan fingerprint density at radius 1 is 1.67 bits per heavy atom. The van der Waals surface area contributed by atoms with Gasteiger partial charge in [-0.15, -0.1) is 0 Å². The van der Waals surface area contributed by atoms with E-state index < -0.39 is 0 Å². The first kappa shape index (κ1) is 6.01. The molecule has 2 N–H and O–H groups in total. The van der Waals surface area contributed by atoms with Crippen LogP contribution in [0.4, 0.5) is 0 Å². The number of hydrogen-bond acceptors (Lipinski definition) is 2. The molecule has 0 unspecified atom stereocenters. The van der Waals surface area contributed by atoms with Crippen LogP contribution in [0.2, 0.25) is 0 Å². The van der Waals surface area contributed by atoms with Crippen molar-refractivity contribution in [2.45, 2.75) is 13.8 Å². The third-order valence-electron chi connectivity index (χ3n) is 1.18. The first-order valence-electron chi connectivity index (χ1n) is 2.77. The standard InChI is InChI=1S/C6H9N3/c1-4(2)5-3-8-9-6(5)7/h3H,1-2H3,(H2,7,9). The second-order valence-electron chi connectivity index (χ2n) is 2.16. The van der Waals surface area contributed by atoms with E-state index in [9.17, 15) is 0 Å². The van der Waals surface area contributed by atoms with Crippen LogP contribution in [0.1, 0.15) is 13.8 Å². The minimum atomic E-state index is 0.398. The number of amidine groups is 1. The molecule has 0 aromatic rings. The molecule has 0 fully saturated rings. The van der Waals surface area contributed by atoms with Crippen molar-refractivity contribution in [2.75, 3.05) is 0 Å². The van der Waals surface area contributed by atoms with Crippen LogP contribution in [-0.2, 0) is 0 Å². The Hall–Kier alpha value is -1.12. The normalized spacial score (nSPS) is 16.2. The van der Waals surface area contributed by atoms with Gasteiger partial charge >= 0.3 is 0 Å². The maximum absolute atomic E-state index is 7.24. The van der Waals surface area contributed by atoms with Gasteiger partial charge in [0.25, 0.3) is 0 Å². The van der Waals surface area contributed by atoms with E-state index in [-0.39, 0.29) is 0 Å². The van der Waals surface area contributed by atoms with Gasteiger partial charge in [0.1, 0.15) is 5.84 Å². The van der Waals surface area contributed by atoms with Crippen LogP contribution in [-0.4, -0.2) is 12.1 Å². The average Bonchev–Trinajstić information content (AvgIpc) is 2.13. The van der Waals surface area contributed by atoms with E-state index in [1.54, 1.807) is 6.21 Å². The van der Waals surface area contributed by atoms with Crippen molar-refractivity contribution >= 4 is 12.1 Å². The van der Waals surface area contributed by atoms with E-state index in [1.165, 1.54) is 0 Å². The molecule has 0 atom stereocenters. The van der Waals surface area contributed by atoms with Crippen molar-refractivity contribution in [2.24, 2.45) is 5.10 Å². The van der Waals surface area contributed by atoms with Gasteiger partial charge in [-0.2, -0.15) is 5.10 Å². The number of hydrogen-bond donors (Lipinski definition) is 2. The van der Waals surface area contributed by atoms with E-state index >= 15 is 0 Å². The zero-order valence-electron chi connectivity index (χ0n) is 5.52. The Labute approximate surface area is 54.0 Å². The molecular weight excluding hydrogens is 114 g/mol. The van der Waals surface area contributed by atoms with Gasteiger partial charge in [0.05, 0.1) is 6.21 Å². The summed E-state index contributed by atoms with van der Waals surface area (Å²) in [6.07, 6.45) is 1.66. The smallest absolute Gasteiger partial charge is 0.147 e. The predicted molar refractivity (Wildman–Crippen MR) is 37.7 cm³/mol. The van der Waals surface area contributed by atoms with E-state index in [4.69, 9.17) is 5.41 Å². The number of nitrogens with one attached hydrogen (secondary N) is 2. The first-order valence-corrected chi connectivity index (χ1v) is 2.77. The zero-order valence-corrected chi connectivity index (χ0v) is 5.52. The van der Waals surface area contributed by atoms with Gasteiger partial charge in [-0.25, -0.2) is 0 Å². The second-order valence-corrected chi connectivity index (χ2v) is 2.16. The second kappa shape index (κ2) is 2.01. The van der Waals surface area contributed by atoms with Crippen molar-refractivity contribution in [1.29, 1.82) is 5.41 Å². The van der Waals surface area contributed by atoms with Crippen LogP contribution >= 0.6 is 0 Å². The van der Waals surface area contributed by atoms with Crippen LogP contribution < -0.4 is 5.43 Å². The number of rotatable bonds is 0. The van der Waals surface area contributed by atoms with Gasteiger partial charge < -0.3 is 0 Å². The summed E-state index contributed by atoms with van der Waals surface area (Å²) in [5.41, 5.74) is 4.56. The van der Waals surface area contributed by atoms with Crippen molar-refractivity contribution < 1.29 is 0 Å². The molecule has 1 rings (SSSR count). The van der Waals surface area contributed by atoms with Crippen molar-refractivity contribution in [3.8, 4) is 0 Å². The lowest BCUT2D eigenvalue weighted by Crippen LogP contribution is -2.11. The Morgan fingerprint density at radius 2 is 2.33 bits per heavy atom. The Kier molecular flexibility index (Phi) is 1.34. The quantitative estimate of drug-likeness (QED) is 0.493. The Balaban J connectivity index is 2.95. The fourth-order valence-electron chi connectivity index (χ4n) is 0.665. The van der Waals surface area contributed by atoms with Gasteiger partial charge in [0.2, 0.25) is 0 Å². The number of nitrogens with zero attached hydrogens (tertiary/aromatic N) is 1. The third-order valence-corrected chi connectivity index (χ3v) is 1.18. The lowest BCUT2D eigenvalue weighted by molar-refractivity contribution is 1.05. The highest BCUT2D eigenvalue weighted by Crippen LogP contribution is 2.03. The minimum absolute atomic E-state index is 0.398. The zero-order chi connectivity index (χ0) is 6.85. The third kappa shape index (κ3) is 0.988. The summed E-state index contributed by atoms with van der Waals surface area (Å²) in [6.45, 7) is 3.92. The van der Waals surface area contributed by atoms with Crippen LogP contribution in [0, 0.1) is 5.41 Å². The predicted octanol–water partition coefficient (Wildman–Crippen LogP) is 0.889. The molecule has 0 saturated heterocycles. The van der Waals surface area contributed by atoms with Gasteiger partial charge in [0.15, 0.2) is 0 Å². The molecule has 48 valence electrons. The molecule has 0 radical (unpaired) electrons. The van der Waals surface area contributed by atoms with Crippen LogP contribution in [0.3, 0.4) is 0 Å². The first-order chi connectivity index (χ1) is 4.22. The summed E-state index contributed by atoms with van der Waals surface area (Å²) in [7, 11) is 0. The van der Waals surface area contributed by atoms with Crippen LogP contribution in [0.5, 0.6) is 0 Å². The largest absolute Gasteiger partial charge is 0.283 e. The molecule has 0 spiro atoms.